The lowest BCUT2D eigenvalue weighted by atomic mass is 10.3. The zero-order valence-electron chi connectivity index (χ0n) is 6.54. The quantitative estimate of drug-likeness (QED) is 0.545. The molecule has 0 aliphatic carbocycles. The van der Waals surface area contributed by atoms with Crippen molar-refractivity contribution in [3.05, 3.63) is 0 Å². The summed E-state index contributed by atoms with van der Waals surface area (Å²) in [7, 11) is 0. The van der Waals surface area contributed by atoms with Crippen LogP contribution in [0.5, 0.6) is 0 Å². The molecule has 0 amide bonds. The molecule has 0 radical (unpaired) electrons. The van der Waals surface area contributed by atoms with Gasteiger partial charge in [0.15, 0.2) is 0 Å². The number of esters is 1. The summed E-state index contributed by atoms with van der Waals surface area (Å²) < 4.78 is 14.8. The summed E-state index contributed by atoms with van der Waals surface area (Å²) >= 11 is 0. The van der Waals surface area contributed by atoms with E-state index in [1.54, 1.807) is 0 Å². The molecule has 0 bridgehead atoms. The maximum Gasteiger partial charge on any atom is 0.302 e. The molecule has 1 rings (SSSR count). The smallest absolute Gasteiger partial charge is 0.302 e. The average molecular weight is 160 g/mol. The van der Waals surface area contributed by atoms with Crippen LogP contribution in [0.25, 0.3) is 0 Å². The molecule has 0 saturated carbocycles. The maximum absolute atomic E-state index is 10.4. The topological polar surface area (TPSA) is 44.8 Å². The first kappa shape index (κ1) is 8.49. The second-order valence-corrected chi connectivity index (χ2v) is 2.41. The SMILES string of the molecule is CC(=O)OCC1CCOCO1. The van der Waals surface area contributed by atoms with Crippen LogP contribution in [0.15, 0.2) is 0 Å². The Balaban J connectivity index is 2.09. The van der Waals surface area contributed by atoms with Crippen molar-refractivity contribution >= 4 is 5.97 Å². The highest BCUT2D eigenvalue weighted by Gasteiger charge is 2.14. The number of ether oxygens (including phenoxy) is 3. The standard InChI is InChI=1S/C7H12O4/c1-6(8)10-4-7-2-3-9-5-11-7/h7H,2-5H2,1H3. The highest BCUT2D eigenvalue weighted by Crippen LogP contribution is 2.05. The lowest BCUT2D eigenvalue weighted by Gasteiger charge is -2.21. The summed E-state index contributed by atoms with van der Waals surface area (Å²) in [5.41, 5.74) is 0. The lowest BCUT2D eigenvalue weighted by Crippen LogP contribution is -2.28. The van der Waals surface area contributed by atoms with Crippen molar-refractivity contribution in [3.63, 3.8) is 0 Å². The summed E-state index contributed by atoms with van der Waals surface area (Å²) in [6.45, 7) is 2.73. The van der Waals surface area contributed by atoms with Gasteiger partial charge in [0.1, 0.15) is 13.4 Å². The monoisotopic (exact) mass is 160 g/mol. The van der Waals surface area contributed by atoms with Crippen LogP contribution in [0.1, 0.15) is 13.3 Å². The first-order valence-electron chi connectivity index (χ1n) is 3.62. The van der Waals surface area contributed by atoms with Crippen molar-refractivity contribution in [3.8, 4) is 0 Å². The molecule has 11 heavy (non-hydrogen) atoms. The van der Waals surface area contributed by atoms with Crippen molar-refractivity contribution < 1.29 is 19.0 Å². The molecule has 1 fully saturated rings. The Morgan fingerprint density at radius 1 is 1.73 bits per heavy atom. The van der Waals surface area contributed by atoms with E-state index in [1.807, 2.05) is 0 Å². The van der Waals surface area contributed by atoms with Crippen LogP contribution in [0.2, 0.25) is 0 Å². The van der Waals surface area contributed by atoms with E-state index in [0.29, 0.717) is 20.0 Å². The molecule has 1 aliphatic heterocycles. The van der Waals surface area contributed by atoms with Crippen molar-refractivity contribution in [1.82, 2.24) is 0 Å². The molecule has 0 spiro atoms. The molecule has 0 aromatic heterocycles. The highest BCUT2D eigenvalue weighted by molar-refractivity contribution is 5.65. The Morgan fingerprint density at radius 2 is 2.55 bits per heavy atom. The molecule has 1 atom stereocenters. The van der Waals surface area contributed by atoms with E-state index in [1.165, 1.54) is 6.92 Å². The van der Waals surface area contributed by atoms with E-state index in [2.05, 4.69) is 0 Å². The predicted octanol–water partition coefficient (Wildman–Crippen LogP) is 0.312. The molecule has 0 aromatic rings. The molecule has 1 heterocycles. The molecular formula is C7H12O4. The minimum Gasteiger partial charge on any atom is -0.463 e. The number of hydrogen-bond acceptors (Lipinski definition) is 4. The van der Waals surface area contributed by atoms with Gasteiger partial charge in [0.05, 0.1) is 12.7 Å². The molecule has 4 nitrogen and oxygen atoms in total. The minimum absolute atomic E-state index is 0.0210. The van der Waals surface area contributed by atoms with Gasteiger partial charge < -0.3 is 14.2 Å². The summed E-state index contributed by atoms with van der Waals surface area (Å²) in [6.07, 6.45) is 0.820. The average Bonchev–Trinajstić information content (AvgIpc) is 2.03. The molecule has 1 unspecified atom stereocenters. The van der Waals surface area contributed by atoms with Crippen LogP contribution in [0.3, 0.4) is 0 Å². The van der Waals surface area contributed by atoms with E-state index in [9.17, 15) is 4.79 Å². The van der Waals surface area contributed by atoms with Crippen LogP contribution >= 0.6 is 0 Å². The van der Waals surface area contributed by atoms with Gasteiger partial charge in [-0.05, 0) is 0 Å². The van der Waals surface area contributed by atoms with Gasteiger partial charge in [0.25, 0.3) is 0 Å². The third kappa shape index (κ3) is 3.34. The Morgan fingerprint density at radius 3 is 3.09 bits per heavy atom. The maximum atomic E-state index is 10.4. The largest absolute Gasteiger partial charge is 0.463 e. The Bertz CT molecular complexity index is 128. The van der Waals surface area contributed by atoms with Crippen molar-refractivity contribution in [2.24, 2.45) is 0 Å². The van der Waals surface area contributed by atoms with Crippen molar-refractivity contribution in [1.29, 1.82) is 0 Å². The fraction of sp³-hybridized carbons (Fsp3) is 0.857. The fourth-order valence-electron chi connectivity index (χ4n) is 0.843. The van der Waals surface area contributed by atoms with E-state index < -0.39 is 0 Å². The molecule has 0 N–H and O–H groups in total. The van der Waals surface area contributed by atoms with Gasteiger partial charge in [-0.25, -0.2) is 0 Å². The van der Waals surface area contributed by atoms with Crippen LogP contribution in [0.4, 0.5) is 0 Å². The number of rotatable bonds is 2. The molecule has 4 heteroatoms. The zero-order chi connectivity index (χ0) is 8.10. The molecule has 0 aromatic carbocycles. The molecular weight excluding hydrogens is 148 g/mol. The van der Waals surface area contributed by atoms with Crippen LogP contribution in [0, 0.1) is 0 Å². The number of carbonyl (C=O) groups excluding carboxylic acids is 1. The fourth-order valence-corrected chi connectivity index (χ4v) is 0.843. The van der Waals surface area contributed by atoms with Gasteiger partial charge in [0, 0.05) is 13.3 Å². The number of hydrogen-bond donors (Lipinski definition) is 0. The third-order valence-electron chi connectivity index (χ3n) is 1.44. The van der Waals surface area contributed by atoms with Crippen LogP contribution in [-0.2, 0) is 19.0 Å². The van der Waals surface area contributed by atoms with Gasteiger partial charge in [-0.2, -0.15) is 0 Å². The van der Waals surface area contributed by atoms with Gasteiger partial charge in [0.2, 0.25) is 0 Å². The summed E-state index contributed by atoms with van der Waals surface area (Å²) in [5.74, 6) is -0.264. The predicted molar refractivity (Wildman–Crippen MR) is 36.9 cm³/mol. The first-order valence-corrected chi connectivity index (χ1v) is 3.62. The van der Waals surface area contributed by atoms with Crippen LogP contribution < -0.4 is 0 Å². The van der Waals surface area contributed by atoms with E-state index in [0.717, 1.165) is 6.42 Å². The number of carbonyl (C=O) groups is 1. The summed E-state index contributed by atoms with van der Waals surface area (Å²) in [5, 5.41) is 0. The summed E-state index contributed by atoms with van der Waals surface area (Å²) in [4.78, 5) is 10.4. The summed E-state index contributed by atoms with van der Waals surface area (Å²) in [6, 6.07) is 0. The Hall–Kier alpha value is -0.610. The molecule has 64 valence electrons. The van der Waals surface area contributed by atoms with Gasteiger partial charge in [-0.1, -0.05) is 0 Å². The van der Waals surface area contributed by atoms with Crippen molar-refractivity contribution in [2.75, 3.05) is 20.0 Å². The minimum atomic E-state index is -0.264. The first-order chi connectivity index (χ1) is 5.29. The van der Waals surface area contributed by atoms with E-state index in [-0.39, 0.29) is 12.1 Å². The van der Waals surface area contributed by atoms with E-state index in [4.69, 9.17) is 14.2 Å². The van der Waals surface area contributed by atoms with Crippen LogP contribution in [-0.4, -0.2) is 32.1 Å². The zero-order valence-corrected chi connectivity index (χ0v) is 6.54. The Labute approximate surface area is 65.4 Å². The van der Waals surface area contributed by atoms with Gasteiger partial charge in [-0.15, -0.1) is 0 Å². The molecule has 1 aliphatic rings. The molecule has 1 saturated heterocycles. The lowest BCUT2D eigenvalue weighted by molar-refractivity contribution is -0.167. The highest BCUT2D eigenvalue weighted by atomic mass is 16.7. The second-order valence-electron chi connectivity index (χ2n) is 2.41. The van der Waals surface area contributed by atoms with E-state index >= 15 is 0 Å². The second kappa shape index (κ2) is 4.31. The third-order valence-corrected chi connectivity index (χ3v) is 1.44. The van der Waals surface area contributed by atoms with Gasteiger partial charge in [-0.3, -0.25) is 4.79 Å². The Kier molecular flexibility index (Phi) is 3.32. The normalized spacial score (nSPS) is 24.6. The van der Waals surface area contributed by atoms with Crippen molar-refractivity contribution in [2.45, 2.75) is 19.4 Å². The van der Waals surface area contributed by atoms with Gasteiger partial charge >= 0.3 is 5.97 Å².